The average molecular weight is 249 g/mol. The lowest BCUT2D eigenvalue weighted by Crippen LogP contribution is -2.31. The Labute approximate surface area is 110 Å². The zero-order valence-electron chi connectivity index (χ0n) is 10.4. The average Bonchev–Trinajstić information content (AvgIpc) is 2.65. The molecule has 2 aliphatic heterocycles. The number of hydrogen-bond donors (Lipinski definition) is 0. The van der Waals surface area contributed by atoms with Crippen LogP contribution in [0.15, 0.2) is 36.4 Å². The molecule has 0 atom stereocenters. The van der Waals surface area contributed by atoms with Gasteiger partial charge in [-0.1, -0.05) is 24.3 Å². The van der Waals surface area contributed by atoms with Gasteiger partial charge in [-0.25, -0.2) is 0 Å². The minimum atomic E-state index is -0.406. The van der Waals surface area contributed by atoms with E-state index in [1.54, 1.807) is 4.90 Å². The highest BCUT2D eigenvalue weighted by atomic mass is 16.2. The number of fused-ring (bicyclic) bond motifs is 2. The standard InChI is InChI=1S/C16H11NO2/c1-9-6-12-11-5-3-2-4-10(11)8-17-14(12)13(7-9)15(18)16(17)19/h2-7H,8H2,1H3. The van der Waals surface area contributed by atoms with Gasteiger partial charge in [-0.2, -0.15) is 0 Å². The number of nitrogens with zero attached hydrogens (tertiary/aromatic N) is 1. The Morgan fingerprint density at radius 1 is 1.00 bits per heavy atom. The first-order valence-electron chi connectivity index (χ1n) is 6.26. The molecular weight excluding hydrogens is 238 g/mol. The third-order valence-electron chi connectivity index (χ3n) is 3.84. The molecule has 2 heterocycles. The first-order valence-corrected chi connectivity index (χ1v) is 6.26. The minimum absolute atomic E-state index is 0.382. The van der Waals surface area contributed by atoms with E-state index in [1.807, 2.05) is 31.2 Å². The van der Waals surface area contributed by atoms with E-state index in [-0.39, 0.29) is 5.78 Å². The molecule has 0 saturated carbocycles. The van der Waals surface area contributed by atoms with Crippen LogP contribution in [0.3, 0.4) is 0 Å². The van der Waals surface area contributed by atoms with E-state index in [0.717, 1.165) is 27.9 Å². The Bertz CT molecular complexity index is 761. The van der Waals surface area contributed by atoms with Crippen molar-refractivity contribution >= 4 is 17.4 Å². The number of Topliss-reactive ketones (excluding diaryl/α,β-unsaturated/α-hetero) is 1. The number of rotatable bonds is 0. The van der Waals surface area contributed by atoms with Crippen LogP contribution in [0.2, 0.25) is 0 Å². The molecule has 0 radical (unpaired) electrons. The van der Waals surface area contributed by atoms with Crippen LogP contribution in [-0.2, 0) is 11.3 Å². The van der Waals surface area contributed by atoms with Crippen molar-refractivity contribution in [3.05, 3.63) is 53.1 Å². The van der Waals surface area contributed by atoms with Gasteiger partial charge >= 0.3 is 0 Å². The number of ketones is 1. The number of amides is 1. The van der Waals surface area contributed by atoms with Crippen LogP contribution < -0.4 is 4.90 Å². The molecule has 0 spiro atoms. The molecule has 0 saturated heterocycles. The van der Waals surface area contributed by atoms with E-state index < -0.39 is 5.91 Å². The lowest BCUT2D eigenvalue weighted by atomic mass is 9.91. The first-order chi connectivity index (χ1) is 9.16. The van der Waals surface area contributed by atoms with Gasteiger partial charge in [0, 0.05) is 5.56 Å². The lowest BCUT2D eigenvalue weighted by molar-refractivity contribution is -0.114. The van der Waals surface area contributed by atoms with Gasteiger partial charge in [0.2, 0.25) is 0 Å². The summed E-state index contributed by atoms with van der Waals surface area (Å²) in [5.41, 5.74) is 5.56. The Morgan fingerprint density at radius 3 is 2.58 bits per heavy atom. The van der Waals surface area contributed by atoms with E-state index in [0.29, 0.717) is 12.1 Å². The van der Waals surface area contributed by atoms with Gasteiger partial charge in [0.25, 0.3) is 11.7 Å². The Kier molecular flexibility index (Phi) is 1.83. The van der Waals surface area contributed by atoms with Gasteiger partial charge in [-0.15, -0.1) is 0 Å². The number of aryl methyl sites for hydroxylation is 1. The lowest BCUT2D eigenvalue weighted by Gasteiger charge is -2.27. The summed E-state index contributed by atoms with van der Waals surface area (Å²) >= 11 is 0. The van der Waals surface area contributed by atoms with Gasteiger partial charge < -0.3 is 0 Å². The summed E-state index contributed by atoms with van der Waals surface area (Å²) in [6, 6.07) is 11.9. The topological polar surface area (TPSA) is 37.4 Å². The molecule has 1 amide bonds. The Balaban J connectivity index is 2.12. The fourth-order valence-corrected chi connectivity index (χ4v) is 3.03. The van der Waals surface area contributed by atoms with Gasteiger partial charge in [0.15, 0.2) is 0 Å². The fourth-order valence-electron chi connectivity index (χ4n) is 3.03. The third kappa shape index (κ3) is 1.22. The molecule has 0 unspecified atom stereocenters. The van der Waals surface area contributed by atoms with E-state index in [4.69, 9.17) is 0 Å². The summed E-state index contributed by atoms with van der Waals surface area (Å²) < 4.78 is 0. The highest BCUT2D eigenvalue weighted by Crippen LogP contribution is 2.45. The maximum absolute atomic E-state index is 12.1. The monoisotopic (exact) mass is 249 g/mol. The molecule has 0 aliphatic carbocycles. The number of carbonyl (C=O) groups excluding carboxylic acids is 2. The maximum Gasteiger partial charge on any atom is 0.299 e. The van der Waals surface area contributed by atoms with E-state index in [2.05, 4.69) is 12.1 Å². The largest absolute Gasteiger partial charge is 0.300 e. The first kappa shape index (κ1) is 10.5. The second-order valence-electron chi connectivity index (χ2n) is 5.09. The van der Waals surface area contributed by atoms with Crippen LogP contribution in [0.4, 0.5) is 5.69 Å². The number of hydrogen-bond acceptors (Lipinski definition) is 2. The number of benzene rings is 2. The predicted octanol–water partition coefficient (Wildman–Crippen LogP) is 2.70. The van der Waals surface area contributed by atoms with Crippen LogP contribution in [0.5, 0.6) is 0 Å². The Morgan fingerprint density at radius 2 is 1.74 bits per heavy atom. The normalized spacial score (nSPS) is 15.5. The van der Waals surface area contributed by atoms with Gasteiger partial charge in [0.05, 0.1) is 17.8 Å². The van der Waals surface area contributed by atoms with Crippen LogP contribution in [0.25, 0.3) is 11.1 Å². The summed E-state index contributed by atoms with van der Waals surface area (Å²) in [5.74, 6) is -0.788. The van der Waals surface area contributed by atoms with Gasteiger partial charge in [-0.3, -0.25) is 14.5 Å². The molecule has 19 heavy (non-hydrogen) atoms. The van der Waals surface area contributed by atoms with E-state index >= 15 is 0 Å². The van der Waals surface area contributed by atoms with Crippen molar-refractivity contribution in [3.8, 4) is 11.1 Å². The van der Waals surface area contributed by atoms with Crippen LogP contribution in [-0.4, -0.2) is 11.7 Å². The molecule has 2 aromatic rings. The molecule has 2 aliphatic rings. The van der Waals surface area contributed by atoms with Crippen molar-refractivity contribution in [2.24, 2.45) is 0 Å². The van der Waals surface area contributed by atoms with E-state index in [1.165, 1.54) is 0 Å². The molecule has 92 valence electrons. The molecule has 0 bridgehead atoms. The van der Waals surface area contributed by atoms with Crippen LogP contribution in [0.1, 0.15) is 21.5 Å². The molecule has 0 fully saturated rings. The van der Waals surface area contributed by atoms with Gasteiger partial charge in [-0.05, 0) is 35.7 Å². The van der Waals surface area contributed by atoms with Crippen molar-refractivity contribution < 1.29 is 9.59 Å². The second kappa shape index (κ2) is 3.32. The van der Waals surface area contributed by atoms with Crippen molar-refractivity contribution in [3.63, 3.8) is 0 Å². The summed E-state index contributed by atoms with van der Waals surface area (Å²) in [4.78, 5) is 25.7. The predicted molar refractivity (Wildman–Crippen MR) is 72.1 cm³/mol. The quantitative estimate of drug-likeness (QED) is 0.673. The zero-order chi connectivity index (χ0) is 13.1. The smallest absolute Gasteiger partial charge is 0.299 e. The summed E-state index contributed by atoms with van der Waals surface area (Å²) in [6.45, 7) is 2.44. The molecule has 4 rings (SSSR count). The van der Waals surface area contributed by atoms with E-state index in [9.17, 15) is 9.59 Å². The molecule has 0 aromatic heterocycles. The third-order valence-corrected chi connectivity index (χ3v) is 3.84. The Hall–Kier alpha value is -2.42. The summed E-state index contributed by atoms with van der Waals surface area (Å²) in [6.07, 6.45) is 0. The van der Waals surface area contributed by atoms with Crippen molar-refractivity contribution in [2.75, 3.05) is 4.90 Å². The van der Waals surface area contributed by atoms with Crippen molar-refractivity contribution in [2.45, 2.75) is 13.5 Å². The van der Waals surface area contributed by atoms with Crippen molar-refractivity contribution in [1.82, 2.24) is 0 Å². The summed E-state index contributed by atoms with van der Waals surface area (Å²) in [7, 11) is 0. The second-order valence-corrected chi connectivity index (χ2v) is 5.09. The number of carbonyl (C=O) groups is 2. The number of anilines is 1. The maximum atomic E-state index is 12.1. The molecule has 3 heteroatoms. The SMILES string of the molecule is Cc1cc2c3c(c1)-c1ccccc1CN3C(=O)C2=O. The van der Waals surface area contributed by atoms with Gasteiger partial charge in [0.1, 0.15) is 0 Å². The molecule has 2 aromatic carbocycles. The summed E-state index contributed by atoms with van der Waals surface area (Å²) in [5, 5.41) is 0. The molecule has 3 nitrogen and oxygen atoms in total. The minimum Gasteiger partial charge on any atom is -0.300 e. The van der Waals surface area contributed by atoms with Crippen LogP contribution in [0, 0.1) is 6.92 Å². The zero-order valence-corrected chi connectivity index (χ0v) is 10.4. The highest BCUT2D eigenvalue weighted by molar-refractivity contribution is 6.53. The molecular formula is C16H11NO2. The fraction of sp³-hybridized carbons (Fsp3) is 0.125. The van der Waals surface area contributed by atoms with Crippen LogP contribution >= 0.6 is 0 Å². The molecule has 0 N–H and O–H groups in total. The van der Waals surface area contributed by atoms with Crippen molar-refractivity contribution in [1.29, 1.82) is 0 Å². The highest BCUT2D eigenvalue weighted by Gasteiger charge is 2.40.